The monoisotopic (exact) mass is 171 g/mol. The molecule has 4 nitrogen and oxygen atoms in total. The SMILES string of the molecule is O=C(O)CCC=[N+]1CCNCC1. The van der Waals surface area contributed by atoms with Crippen LogP contribution in [0.15, 0.2) is 0 Å². The largest absolute Gasteiger partial charge is 0.481 e. The van der Waals surface area contributed by atoms with E-state index in [1.54, 1.807) is 0 Å². The average Bonchev–Trinajstić information content (AvgIpc) is 2.05. The minimum Gasteiger partial charge on any atom is -0.481 e. The molecule has 2 N–H and O–H groups in total. The fourth-order valence-electron chi connectivity index (χ4n) is 1.24. The van der Waals surface area contributed by atoms with E-state index in [4.69, 9.17) is 5.11 Å². The summed E-state index contributed by atoms with van der Waals surface area (Å²) in [5, 5.41) is 11.6. The van der Waals surface area contributed by atoms with Gasteiger partial charge in [0.05, 0.1) is 19.5 Å². The van der Waals surface area contributed by atoms with E-state index < -0.39 is 5.97 Å². The molecule has 0 unspecified atom stereocenters. The molecule has 0 aromatic heterocycles. The van der Waals surface area contributed by atoms with Crippen molar-refractivity contribution in [2.45, 2.75) is 12.8 Å². The number of hydrogen-bond acceptors (Lipinski definition) is 2. The molecule has 0 radical (unpaired) electrons. The number of piperazine rings is 1. The van der Waals surface area contributed by atoms with Crippen LogP contribution in [-0.4, -0.2) is 48.0 Å². The van der Waals surface area contributed by atoms with Crippen molar-refractivity contribution in [2.24, 2.45) is 0 Å². The van der Waals surface area contributed by atoms with Crippen LogP contribution in [0.3, 0.4) is 0 Å². The molecular formula is C8H15N2O2+. The number of aliphatic carboxylic acids is 1. The molecule has 1 aliphatic heterocycles. The number of hydrogen-bond donors (Lipinski definition) is 2. The summed E-state index contributed by atoms with van der Waals surface area (Å²) in [7, 11) is 0. The molecule has 68 valence electrons. The van der Waals surface area contributed by atoms with Gasteiger partial charge >= 0.3 is 5.97 Å². The van der Waals surface area contributed by atoms with E-state index in [9.17, 15) is 4.79 Å². The lowest BCUT2D eigenvalue weighted by Gasteiger charge is -2.10. The highest BCUT2D eigenvalue weighted by Crippen LogP contribution is 1.87. The lowest BCUT2D eigenvalue weighted by atomic mass is 10.3. The molecule has 0 aromatic rings. The normalized spacial score (nSPS) is 17.5. The Kier molecular flexibility index (Phi) is 3.73. The van der Waals surface area contributed by atoms with Gasteiger partial charge in [-0.3, -0.25) is 4.79 Å². The number of carbonyl (C=O) groups is 1. The van der Waals surface area contributed by atoms with Crippen LogP contribution in [-0.2, 0) is 4.79 Å². The van der Waals surface area contributed by atoms with Crippen molar-refractivity contribution in [3.63, 3.8) is 0 Å². The Hall–Kier alpha value is -0.900. The molecule has 12 heavy (non-hydrogen) atoms. The number of rotatable bonds is 3. The van der Waals surface area contributed by atoms with Crippen LogP contribution in [0, 0.1) is 0 Å². The first kappa shape index (κ1) is 9.19. The average molecular weight is 171 g/mol. The summed E-state index contributed by atoms with van der Waals surface area (Å²) >= 11 is 0. The Morgan fingerprint density at radius 2 is 2.17 bits per heavy atom. The van der Waals surface area contributed by atoms with E-state index in [1.165, 1.54) is 0 Å². The van der Waals surface area contributed by atoms with Crippen LogP contribution in [0.2, 0.25) is 0 Å². The number of carboxylic acid groups (broad SMARTS) is 1. The second-order valence-corrected chi connectivity index (χ2v) is 2.90. The first-order valence-electron chi connectivity index (χ1n) is 4.29. The Bertz CT molecular complexity index is 181. The van der Waals surface area contributed by atoms with E-state index in [-0.39, 0.29) is 6.42 Å². The predicted octanol–water partition coefficient (Wildman–Crippen LogP) is -0.462. The summed E-state index contributed by atoms with van der Waals surface area (Å²) in [4.78, 5) is 10.2. The van der Waals surface area contributed by atoms with Gasteiger partial charge in [0.2, 0.25) is 0 Å². The molecule has 1 rings (SSSR count). The van der Waals surface area contributed by atoms with E-state index in [0.717, 1.165) is 26.2 Å². The predicted molar refractivity (Wildman–Crippen MR) is 45.8 cm³/mol. The van der Waals surface area contributed by atoms with Crippen molar-refractivity contribution in [3.8, 4) is 0 Å². The van der Waals surface area contributed by atoms with Gasteiger partial charge in [-0.1, -0.05) is 0 Å². The van der Waals surface area contributed by atoms with Crippen LogP contribution in [0.4, 0.5) is 0 Å². The molecule has 0 aliphatic carbocycles. The summed E-state index contributed by atoms with van der Waals surface area (Å²) < 4.78 is 2.18. The summed E-state index contributed by atoms with van der Waals surface area (Å²) in [5.74, 6) is -0.721. The topological polar surface area (TPSA) is 52.3 Å². The van der Waals surface area contributed by atoms with Crippen molar-refractivity contribution >= 4 is 12.2 Å². The van der Waals surface area contributed by atoms with Crippen molar-refractivity contribution in [1.29, 1.82) is 0 Å². The van der Waals surface area contributed by atoms with Crippen LogP contribution >= 0.6 is 0 Å². The summed E-state index contributed by atoms with van der Waals surface area (Å²) in [6.45, 7) is 4.01. The highest BCUT2D eigenvalue weighted by atomic mass is 16.4. The third-order valence-electron chi connectivity index (χ3n) is 1.90. The molecule has 1 heterocycles. The highest BCUT2D eigenvalue weighted by Gasteiger charge is 2.08. The van der Waals surface area contributed by atoms with E-state index >= 15 is 0 Å². The summed E-state index contributed by atoms with van der Waals surface area (Å²) in [6, 6.07) is 0. The zero-order valence-electron chi connectivity index (χ0n) is 7.12. The Balaban J connectivity index is 2.20. The smallest absolute Gasteiger partial charge is 0.303 e. The van der Waals surface area contributed by atoms with Crippen molar-refractivity contribution < 1.29 is 14.5 Å². The molecule has 0 aromatic carbocycles. The molecule has 0 spiro atoms. The minimum absolute atomic E-state index is 0.240. The second-order valence-electron chi connectivity index (χ2n) is 2.90. The number of nitrogens with one attached hydrogen (secondary N) is 1. The second kappa shape index (κ2) is 4.87. The van der Waals surface area contributed by atoms with Crippen LogP contribution in [0.5, 0.6) is 0 Å². The standard InChI is InChI=1S/C8H14N2O2/c11-8(12)2-1-5-10-6-3-9-4-7-10/h5,9H,1-4,6-7H2/p+1. The maximum Gasteiger partial charge on any atom is 0.303 e. The van der Waals surface area contributed by atoms with Gasteiger partial charge in [0.1, 0.15) is 6.21 Å². The van der Waals surface area contributed by atoms with Gasteiger partial charge in [-0.15, -0.1) is 0 Å². The molecule has 0 bridgehead atoms. The summed E-state index contributed by atoms with van der Waals surface area (Å²) in [6.07, 6.45) is 2.88. The first-order chi connectivity index (χ1) is 5.79. The third kappa shape index (κ3) is 3.48. The molecule has 0 amide bonds. The molecular weight excluding hydrogens is 156 g/mol. The molecule has 4 heteroatoms. The van der Waals surface area contributed by atoms with Crippen molar-refractivity contribution in [1.82, 2.24) is 5.32 Å². The molecule has 1 fully saturated rings. The van der Waals surface area contributed by atoms with Crippen molar-refractivity contribution in [3.05, 3.63) is 0 Å². The van der Waals surface area contributed by atoms with Crippen LogP contribution in [0.1, 0.15) is 12.8 Å². The fraction of sp³-hybridized carbons (Fsp3) is 0.750. The maximum atomic E-state index is 10.2. The minimum atomic E-state index is -0.721. The van der Waals surface area contributed by atoms with Gasteiger partial charge in [0.25, 0.3) is 0 Å². The van der Waals surface area contributed by atoms with Gasteiger partial charge in [0.15, 0.2) is 13.1 Å². The van der Waals surface area contributed by atoms with E-state index in [2.05, 4.69) is 9.89 Å². The number of carboxylic acids is 1. The Morgan fingerprint density at radius 1 is 1.50 bits per heavy atom. The maximum absolute atomic E-state index is 10.2. The van der Waals surface area contributed by atoms with Gasteiger partial charge in [-0.2, -0.15) is 0 Å². The van der Waals surface area contributed by atoms with E-state index in [1.807, 2.05) is 6.21 Å². The van der Waals surface area contributed by atoms with Gasteiger partial charge in [-0.25, -0.2) is 4.58 Å². The van der Waals surface area contributed by atoms with Crippen molar-refractivity contribution in [2.75, 3.05) is 26.2 Å². The van der Waals surface area contributed by atoms with Crippen LogP contribution in [0.25, 0.3) is 0 Å². The summed E-state index contributed by atoms with van der Waals surface area (Å²) in [5.41, 5.74) is 0. The van der Waals surface area contributed by atoms with E-state index in [0.29, 0.717) is 6.42 Å². The quantitative estimate of drug-likeness (QED) is 0.565. The van der Waals surface area contributed by atoms with Gasteiger partial charge < -0.3 is 10.4 Å². The zero-order valence-corrected chi connectivity index (χ0v) is 7.12. The lowest BCUT2D eigenvalue weighted by molar-refractivity contribution is -0.528. The highest BCUT2D eigenvalue weighted by molar-refractivity contribution is 5.70. The van der Waals surface area contributed by atoms with Gasteiger partial charge in [-0.05, 0) is 0 Å². The van der Waals surface area contributed by atoms with Gasteiger partial charge in [0, 0.05) is 6.42 Å². The molecule has 1 aliphatic rings. The fourth-order valence-corrected chi connectivity index (χ4v) is 1.24. The Morgan fingerprint density at radius 3 is 2.75 bits per heavy atom. The van der Waals surface area contributed by atoms with Crippen LogP contribution < -0.4 is 5.32 Å². The Labute approximate surface area is 71.9 Å². The number of nitrogens with zero attached hydrogens (tertiary/aromatic N) is 1. The lowest BCUT2D eigenvalue weighted by Crippen LogP contribution is -2.38. The zero-order chi connectivity index (χ0) is 8.81. The third-order valence-corrected chi connectivity index (χ3v) is 1.90. The molecule has 0 atom stereocenters. The molecule has 1 saturated heterocycles. The first-order valence-corrected chi connectivity index (χ1v) is 4.29. The molecule has 0 saturated carbocycles.